The first-order chi connectivity index (χ1) is 17.1. The number of carbonyl (C=O) groups is 2. The van der Waals surface area contributed by atoms with Gasteiger partial charge in [0.05, 0.1) is 0 Å². The van der Waals surface area contributed by atoms with Gasteiger partial charge in [-0.1, -0.05) is 24.6 Å². The zero-order valence-electron chi connectivity index (χ0n) is 20.3. The lowest BCUT2D eigenvalue weighted by atomic mass is 9.91. The maximum atomic E-state index is 15.1. The molecule has 3 fully saturated rings. The van der Waals surface area contributed by atoms with Crippen LogP contribution in [0.25, 0.3) is 11.1 Å². The molecule has 0 N–H and O–H groups in total. The number of piperidine rings is 1. The number of likely N-dealkylation sites (tertiary alicyclic amines) is 2. The summed E-state index contributed by atoms with van der Waals surface area (Å²) in [7, 11) is 0. The lowest BCUT2D eigenvalue weighted by Crippen LogP contribution is -2.47. The Morgan fingerprint density at radius 1 is 0.829 bits per heavy atom. The molecule has 2 saturated heterocycles. The predicted octanol–water partition coefficient (Wildman–Crippen LogP) is 4.74. The Morgan fingerprint density at radius 3 is 2.37 bits per heavy atom. The van der Waals surface area contributed by atoms with E-state index in [1.54, 1.807) is 12.1 Å². The molecule has 6 rings (SSSR count). The van der Waals surface area contributed by atoms with E-state index in [-0.39, 0.29) is 11.8 Å². The standard InChI is InChI=1S/C29H34FN3O2/c30-27-18-22(28(34)31-13-2-1-3-14-31)8-9-25(27)20-7-10-26-21(17-20)11-16-33(29(26)35)24-12-15-32(19-24)23-5-4-6-23/h7-10,17-18,23-24H,1-6,11-16,19H2/t24-/m0/s1. The molecule has 6 heteroatoms. The second-order valence-corrected chi connectivity index (χ2v) is 10.7. The second-order valence-electron chi connectivity index (χ2n) is 10.7. The number of halogens is 1. The van der Waals surface area contributed by atoms with Crippen LogP contribution in [0.3, 0.4) is 0 Å². The largest absolute Gasteiger partial charge is 0.339 e. The zero-order valence-corrected chi connectivity index (χ0v) is 20.3. The number of fused-ring (bicyclic) bond motifs is 1. The first kappa shape index (κ1) is 22.7. The number of benzene rings is 2. The molecule has 1 saturated carbocycles. The molecule has 2 aromatic carbocycles. The van der Waals surface area contributed by atoms with Crippen molar-refractivity contribution in [3.8, 4) is 11.1 Å². The van der Waals surface area contributed by atoms with Crippen LogP contribution in [0.1, 0.15) is 71.2 Å². The molecule has 0 spiro atoms. The summed E-state index contributed by atoms with van der Waals surface area (Å²) in [5.41, 5.74) is 3.38. The number of carbonyl (C=O) groups excluding carboxylic acids is 2. The fraction of sp³-hybridized carbons (Fsp3) is 0.517. The molecule has 0 unspecified atom stereocenters. The van der Waals surface area contributed by atoms with Crippen molar-refractivity contribution in [2.75, 3.05) is 32.7 Å². The molecule has 3 aliphatic heterocycles. The van der Waals surface area contributed by atoms with Crippen molar-refractivity contribution in [1.82, 2.24) is 14.7 Å². The van der Waals surface area contributed by atoms with Crippen LogP contribution in [0.4, 0.5) is 4.39 Å². The van der Waals surface area contributed by atoms with Gasteiger partial charge >= 0.3 is 0 Å². The first-order valence-corrected chi connectivity index (χ1v) is 13.4. The maximum Gasteiger partial charge on any atom is 0.254 e. The van der Waals surface area contributed by atoms with Crippen LogP contribution in [-0.2, 0) is 6.42 Å². The van der Waals surface area contributed by atoms with E-state index in [1.807, 2.05) is 23.1 Å². The highest BCUT2D eigenvalue weighted by atomic mass is 19.1. The molecule has 3 heterocycles. The van der Waals surface area contributed by atoms with E-state index in [4.69, 9.17) is 0 Å². The Bertz CT molecular complexity index is 1140. The Hall–Kier alpha value is -2.73. The molecule has 2 aromatic rings. The number of amides is 2. The van der Waals surface area contributed by atoms with Gasteiger partial charge in [-0.15, -0.1) is 0 Å². The van der Waals surface area contributed by atoms with Gasteiger partial charge < -0.3 is 9.80 Å². The molecule has 184 valence electrons. The van der Waals surface area contributed by atoms with Gasteiger partial charge in [0, 0.05) is 61.5 Å². The highest BCUT2D eigenvalue weighted by Crippen LogP contribution is 2.33. The fourth-order valence-corrected chi connectivity index (χ4v) is 6.29. The van der Waals surface area contributed by atoms with E-state index in [1.165, 1.54) is 25.3 Å². The number of hydrogen-bond donors (Lipinski definition) is 0. The van der Waals surface area contributed by atoms with Gasteiger partial charge in [-0.3, -0.25) is 14.5 Å². The van der Waals surface area contributed by atoms with Crippen LogP contribution in [-0.4, -0.2) is 71.3 Å². The van der Waals surface area contributed by atoms with E-state index in [0.29, 0.717) is 17.2 Å². The Morgan fingerprint density at radius 2 is 1.63 bits per heavy atom. The van der Waals surface area contributed by atoms with E-state index in [0.717, 1.165) is 87.6 Å². The van der Waals surface area contributed by atoms with Crippen LogP contribution < -0.4 is 0 Å². The lowest BCUT2D eigenvalue weighted by molar-refractivity contribution is 0.0646. The monoisotopic (exact) mass is 475 g/mol. The molecule has 2 amide bonds. The summed E-state index contributed by atoms with van der Waals surface area (Å²) in [6, 6.07) is 11.5. The molecule has 0 aromatic heterocycles. The summed E-state index contributed by atoms with van der Waals surface area (Å²) in [4.78, 5) is 32.6. The third kappa shape index (κ3) is 4.26. The van der Waals surface area contributed by atoms with Crippen LogP contribution in [0.5, 0.6) is 0 Å². The van der Waals surface area contributed by atoms with Crippen LogP contribution in [0.15, 0.2) is 36.4 Å². The van der Waals surface area contributed by atoms with E-state index < -0.39 is 5.82 Å². The fourth-order valence-electron chi connectivity index (χ4n) is 6.29. The van der Waals surface area contributed by atoms with E-state index in [9.17, 15) is 9.59 Å². The maximum absolute atomic E-state index is 15.1. The smallest absolute Gasteiger partial charge is 0.254 e. The van der Waals surface area contributed by atoms with Crippen LogP contribution >= 0.6 is 0 Å². The topological polar surface area (TPSA) is 43.9 Å². The van der Waals surface area contributed by atoms with Crippen molar-refractivity contribution < 1.29 is 14.0 Å². The van der Waals surface area contributed by atoms with Crippen LogP contribution in [0, 0.1) is 5.82 Å². The Balaban J connectivity index is 1.17. The minimum Gasteiger partial charge on any atom is -0.339 e. The average Bonchev–Trinajstić information content (AvgIpc) is 3.32. The highest BCUT2D eigenvalue weighted by Gasteiger charge is 2.37. The third-order valence-electron chi connectivity index (χ3n) is 8.62. The number of rotatable bonds is 4. The predicted molar refractivity (Wildman–Crippen MR) is 134 cm³/mol. The summed E-state index contributed by atoms with van der Waals surface area (Å²) in [6.07, 6.45) is 8.96. The zero-order chi connectivity index (χ0) is 23.9. The summed E-state index contributed by atoms with van der Waals surface area (Å²) < 4.78 is 15.1. The van der Waals surface area contributed by atoms with E-state index in [2.05, 4.69) is 9.80 Å². The lowest BCUT2D eigenvalue weighted by Gasteiger charge is -2.37. The number of nitrogens with zero attached hydrogens (tertiary/aromatic N) is 3. The Labute approximate surface area is 206 Å². The molecular weight excluding hydrogens is 441 g/mol. The molecule has 0 bridgehead atoms. The second kappa shape index (κ2) is 9.38. The summed E-state index contributed by atoms with van der Waals surface area (Å²) in [5, 5.41) is 0. The molecule has 0 radical (unpaired) electrons. The van der Waals surface area contributed by atoms with Crippen LogP contribution in [0.2, 0.25) is 0 Å². The van der Waals surface area contributed by atoms with Gasteiger partial charge in [0.15, 0.2) is 0 Å². The van der Waals surface area contributed by atoms with E-state index >= 15 is 4.39 Å². The summed E-state index contributed by atoms with van der Waals surface area (Å²) >= 11 is 0. The SMILES string of the molecule is O=C(c1ccc(-c2ccc3c(c2)CCN([C@H]2CCN(C4CCC4)C2)C3=O)c(F)c1)N1CCCCC1. The molecule has 4 aliphatic rings. The Kier molecular flexibility index (Phi) is 6.09. The van der Waals surface area contributed by atoms with Crippen molar-refractivity contribution >= 4 is 11.8 Å². The van der Waals surface area contributed by atoms with Gasteiger partial charge in [0.2, 0.25) is 0 Å². The molecule has 5 nitrogen and oxygen atoms in total. The minimum absolute atomic E-state index is 0.0888. The van der Waals surface area contributed by atoms with Crippen molar-refractivity contribution in [2.24, 2.45) is 0 Å². The molecule has 1 aliphatic carbocycles. The van der Waals surface area contributed by atoms with Crippen molar-refractivity contribution in [3.63, 3.8) is 0 Å². The first-order valence-electron chi connectivity index (χ1n) is 13.4. The number of hydrogen-bond acceptors (Lipinski definition) is 3. The van der Waals surface area contributed by atoms with Gasteiger partial charge in [0.1, 0.15) is 5.82 Å². The molecule has 35 heavy (non-hydrogen) atoms. The van der Waals surface area contributed by atoms with Crippen molar-refractivity contribution in [2.45, 2.75) is 63.5 Å². The average molecular weight is 476 g/mol. The summed E-state index contributed by atoms with van der Waals surface area (Å²) in [5.74, 6) is -0.367. The van der Waals surface area contributed by atoms with Gasteiger partial charge in [-0.2, -0.15) is 0 Å². The minimum atomic E-state index is -0.390. The molecular formula is C29H34FN3O2. The highest BCUT2D eigenvalue weighted by molar-refractivity contribution is 5.98. The van der Waals surface area contributed by atoms with Gasteiger partial charge in [-0.05, 0) is 74.3 Å². The van der Waals surface area contributed by atoms with Gasteiger partial charge in [0.25, 0.3) is 11.8 Å². The summed E-state index contributed by atoms with van der Waals surface area (Å²) in [6.45, 7) is 4.32. The third-order valence-corrected chi connectivity index (χ3v) is 8.62. The van der Waals surface area contributed by atoms with Gasteiger partial charge in [-0.25, -0.2) is 4.39 Å². The normalized spacial score (nSPS) is 23.3. The molecule has 1 atom stereocenters. The quantitative estimate of drug-likeness (QED) is 0.641. The van der Waals surface area contributed by atoms with Crippen molar-refractivity contribution in [3.05, 3.63) is 58.9 Å². The van der Waals surface area contributed by atoms with Crippen molar-refractivity contribution in [1.29, 1.82) is 0 Å².